The number of nitrogens with zero attached hydrogens (tertiary/aromatic N) is 1. The molecule has 1 fully saturated rings. The number of carbonyl (C=O) groups excluding carboxylic acids is 1. The Morgan fingerprint density at radius 1 is 1.50 bits per heavy atom. The molecule has 1 aliphatic rings. The number of rotatable bonds is 5. The smallest absolute Gasteiger partial charge is 0.223 e. The van der Waals surface area contributed by atoms with Crippen molar-refractivity contribution in [2.75, 3.05) is 18.8 Å². The molecule has 2 unspecified atom stereocenters. The van der Waals surface area contributed by atoms with Gasteiger partial charge in [-0.15, -0.1) is 24.2 Å². The Balaban J connectivity index is 0.00000242. The zero-order valence-corrected chi connectivity index (χ0v) is 14.5. The van der Waals surface area contributed by atoms with E-state index in [2.05, 4.69) is 0 Å². The van der Waals surface area contributed by atoms with Crippen molar-refractivity contribution in [2.24, 2.45) is 11.7 Å². The van der Waals surface area contributed by atoms with E-state index < -0.39 is 0 Å². The molecule has 6 heteroatoms. The molecular formula is C16H24ClFN2OS. The number of halogens is 2. The van der Waals surface area contributed by atoms with Crippen molar-refractivity contribution in [3.63, 3.8) is 0 Å². The lowest BCUT2D eigenvalue weighted by atomic mass is 9.92. The third-order valence-corrected chi connectivity index (χ3v) is 5.01. The van der Waals surface area contributed by atoms with Crippen molar-refractivity contribution in [1.82, 2.24) is 4.90 Å². The summed E-state index contributed by atoms with van der Waals surface area (Å²) in [5.74, 6) is 0.954. The molecule has 0 aromatic heterocycles. The lowest BCUT2D eigenvalue weighted by Gasteiger charge is -2.34. The Hall–Kier alpha value is -0.780. The van der Waals surface area contributed by atoms with Gasteiger partial charge in [-0.2, -0.15) is 0 Å². The van der Waals surface area contributed by atoms with E-state index in [9.17, 15) is 9.18 Å². The van der Waals surface area contributed by atoms with Crippen LogP contribution in [0.15, 0.2) is 29.2 Å². The summed E-state index contributed by atoms with van der Waals surface area (Å²) >= 11 is 1.40. The molecule has 22 heavy (non-hydrogen) atoms. The molecule has 0 saturated carbocycles. The predicted molar refractivity (Wildman–Crippen MR) is 91.9 cm³/mol. The average Bonchev–Trinajstić information content (AvgIpc) is 2.49. The highest BCUT2D eigenvalue weighted by molar-refractivity contribution is 7.99. The van der Waals surface area contributed by atoms with Gasteiger partial charge < -0.3 is 10.6 Å². The Kier molecular flexibility index (Phi) is 8.21. The molecule has 3 nitrogen and oxygen atoms in total. The quantitative estimate of drug-likeness (QED) is 0.832. The van der Waals surface area contributed by atoms with Crippen LogP contribution in [-0.4, -0.2) is 35.7 Å². The van der Waals surface area contributed by atoms with Crippen LogP contribution >= 0.6 is 24.2 Å². The first-order valence-electron chi connectivity index (χ1n) is 7.48. The van der Waals surface area contributed by atoms with E-state index >= 15 is 0 Å². The summed E-state index contributed by atoms with van der Waals surface area (Å²) in [6, 6.07) is 6.81. The van der Waals surface area contributed by atoms with Crippen molar-refractivity contribution in [2.45, 2.75) is 37.1 Å². The van der Waals surface area contributed by atoms with Crippen LogP contribution in [0.2, 0.25) is 0 Å². The largest absolute Gasteiger partial charge is 0.342 e. The van der Waals surface area contributed by atoms with Crippen molar-refractivity contribution >= 4 is 30.1 Å². The van der Waals surface area contributed by atoms with Crippen molar-refractivity contribution in [3.8, 4) is 0 Å². The monoisotopic (exact) mass is 346 g/mol. The summed E-state index contributed by atoms with van der Waals surface area (Å²) in [6.07, 6.45) is 2.58. The van der Waals surface area contributed by atoms with Gasteiger partial charge in [0.1, 0.15) is 5.82 Å². The first-order chi connectivity index (χ1) is 10.1. The fourth-order valence-electron chi connectivity index (χ4n) is 2.63. The zero-order valence-electron chi connectivity index (χ0n) is 12.8. The summed E-state index contributed by atoms with van der Waals surface area (Å²) in [6.45, 7) is 3.60. The normalized spacial score (nSPS) is 19.4. The first-order valence-corrected chi connectivity index (χ1v) is 8.47. The molecule has 2 N–H and O–H groups in total. The van der Waals surface area contributed by atoms with Crippen LogP contribution in [0.5, 0.6) is 0 Å². The van der Waals surface area contributed by atoms with Crippen molar-refractivity contribution in [3.05, 3.63) is 30.1 Å². The molecule has 0 spiro atoms. The minimum absolute atomic E-state index is 0. The lowest BCUT2D eigenvalue weighted by Crippen LogP contribution is -2.45. The van der Waals surface area contributed by atoms with Gasteiger partial charge in [-0.1, -0.05) is 12.1 Å². The van der Waals surface area contributed by atoms with Gasteiger partial charge in [-0.3, -0.25) is 4.79 Å². The van der Waals surface area contributed by atoms with Gasteiger partial charge in [0, 0.05) is 36.2 Å². The Morgan fingerprint density at radius 3 is 2.91 bits per heavy atom. The Labute approximate surface area is 142 Å². The Morgan fingerprint density at radius 2 is 2.23 bits per heavy atom. The van der Waals surface area contributed by atoms with E-state index in [0.29, 0.717) is 23.0 Å². The number of hydrogen-bond acceptors (Lipinski definition) is 3. The van der Waals surface area contributed by atoms with Crippen LogP contribution in [0.3, 0.4) is 0 Å². The topological polar surface area (TPSA) is 46.3 Å². The fourth-order valence-corrected chi connectivity index (χ4v) is 3.51. The maximum Gasteiger partial charge on any atom is 0.223 e. The zero-order chi connectivity index (χ0) is 15.2. The molecule has 0 bridgehead atoms. The fraction of sp³-hybridized carbons (Fsp3) is 0.562. The Bertz CT molecular complexity index is 487. The first kappa shape index (κ1) is 19.3. The minimum Gasteiger partial charge on any atom is -0.342 e. The molecule has 1 aliphatic heterocycles. The standard InChI is InChI=1S/C16H23FN2OS.ClH/c1-12(18)13-5-4-9-19(11-13)16(20)8-10-21-15-7-3-2-6-14(15)17;/h2-3,6-7,12-13H,4-5,8-11,18H2,1H3;1H. The maximum atomic E-state index is 13.5. The number of likely N-dealkylation sites (tertiary alicyclic amines) is 1. The number of carbonyl (C=O) groups is 1. The number of hydrogen-bond donors (Lipinski definition) is 1. The van der Waals surface area contributed by atoms with Crippen molar-refractivity contribution < 1.29 is 9.18 Å². The minimum atomic E-state index is -0.218. The van der Waals surface area contributed by atoms with Crippen LogP contribution in [0.25, 0.3) is 0 Å². The molecular weight excluding hydrogens is 323 g/mol. The molecule has 124 valence electrons. The number of piperidine rings is 1. The maximum absolute atomic E-state index is 13.5. The number of amides is 1. The van der Waals surface area contributed by atoms with E-state index in [1.54, 1.807) is 12.1 Å². The second-order valence-corrected chi connectivity index (χ2v) is 6.77. The van der Waals surface area contributed by atoms with Gasteiger partial charge in [0.2, 0.25) is 5.91 Å². The van der Waals surface area contributed by atoms with Crippen LogP contribution in [0, 0.1) is 11.7 Å². The third kappa shape index (κ3) is 5.45. The highest BCUT2D eigenvalue weighted by atomic mass is 35.5. The van der Waals surface area contributed by atoms with E-state index in [-0.39, 0.29) is 30.2 Å². The molecule has 2 rings (SSSR count). The van der Waals surface area contributed by atoms with Crippen molar-refractivity contribution in [1.29, 1.82) is 0 Å². The molecule has 1 saturated heterocycles. The number of nitrogens with two attached hydrogens (primary N) is 1. The molecule has 0 aliphatic carbocycles. The number of benzene rings is 1. The van der Waals surface area contributed by atoms with Gasteiger partial charge in [0.15, 0.2) is 0 Å². The molecule has 2 atom stereocenters. The van der Waals surface area contributed by atoms with Crippen LogP contribution in [-0.2, 0) is 4.79 Å². The summed E-state index contributed by atoms with van der Waals surface area (Å²) < 4.78 is 13.5. The highest BCUT2D eigenvalue weighted by Gasteiger charge is 2.25. The SMILES string of the molecule is CC(N)C1CCCN(C(=O)CCSc2ccccc2F)C1.Cl. The van der Waals surface area contributed by atoms with Crippen LogP contribution in [0.4, 0.5) is 4.39 Å². The molecule has 1 heterocycles. The second-order valence-electron chi connectivity index (χ2n) is 5.63. The van der Waals surface area contributed by atoms with E-state index in [4.69, 9.17) is 5.73 Å². The summed E-state index contributed by atoms with van der Waals surface area (Å²) in [7, 11) is 0. The lowest BCUT2D eigenvalue weighted by molar-refractivity contribution is -0.132. The van der Waals surface area contributed by atoms with Gasteiger partial charge in [0.05, 0.1) is 0 Å². The average molecular weight is 347 g/mol. The highest BCUT2D eigenvalue weighted by Crippen LogP contribution is 2.23. The van der Waals surface area contributed by atoms with Gasteiger partial charge in [0.25, 0.3) is 0 Å². The molecule has 1 aromatic carbocycles. The second kappa shape index (κ2) is 9.38. The third-order valence-electron chi connectivity index (χ3n) is 3.96. The summed E-state index contributed by atoms with van der Waals surface area (Å²) in [4.78, 5) is 14.7. The van der Waals surface area contributed by atoms with Crippen LogP contribution < -0.4 is 5.73 Å². The summed E-state index contributed by atoms with van der Waals surface area (Å²) in [5.41, 5.74) is 5.94. The summed E-state index contributed by atoms with van der Waals surface area (Å²) in [5, 5.41) is 0. The van der Waals surface area contributed by atoms with Gasteiger partial charge >= 0.3 is 0 Å². The number of thioether (sulfide) groups is 1. The van der Waals surface area contributed by atoms with E-state index in [1.165, 1.54) is 17.8 Å². The van der Waals surface area contributed by atoms with E-state index in [0.717, 1.165) is 25.9 Å². The molecule has 1 aromatic rings. The van der Waals surface area contributed by atoms with Crippen LogP contribution in [0.1, 0.15) is 26.2 Å². The predicted octanol–water partition coefficient (Wildman–Crippen LogP) is 3.32. The van der Waals surface area contributed by atoms with Gasteiger partial charge in [-0.05, 0) is 37.8 Å². The molecule has 0 radical (unpaired) electrons. The molecule has 1 amide bonds. The van der Waals surface area contributed by atoms with E-state index in [1.807, 2.05) is 17.9 Å². The van der Waals surface area contributed by atoms with Gasteiger partial charge in [-0.25, -0.2) is 4.39 Å².